The van der Waals surface area contributed by atoms with Gasteiger partial charge in [0.15, 0.2) is 5.82 Å². The van der Waals surface area contributed by atoms with Crippen LogP contribution in [0.15, 0.2) is 4.79 Å². The Morgan fingerprint density at radius 1 is 1.39 bits per heavy atom. The Bertz CT molecular complexity index is 1030. The number of fused-ring (bicyclic) bond motifs is 1. The summed E-state index contributed by atoms with van der Waals surface area (Å²) < 4.78 is 47.8. The zero-order valence-corrected chi connectivity index (χ0v) is 12.9. The summed E-state index contributed by atoms with van der Waals surface area (Å²) in [4.78, 5) is 22.8. The fraction of sp³-hybridized carbons (Fsp3) is 0.600. The van der Waals surface area contributed by atoms with Crippen LogP contribution in [0.1, 0.15) is 27.9 Å². The van der Waals surface area contributed by atoms with E-state index in [-0.39, 0.29) is 41.3 Å². The number of imidazole rings is 1. The molecule has 2 aromatic rings. The third-order valence-corrected chi connectivity index (χ3v) is 4.01. The van der Waals surface area contributed by atoms with Gasteiger partial charge >= 0.3 is 5.69 Å². The first-order valence-electron chi connectivity index (χ1n) is 10.3. The molecule has 1 fully saturated rings. The number of aryl methyl sites for hydroxylation is 2. The molecule has 0 aromatic carbocycles. The quantitative estimate of drug-likeness (QED) is 0.832. The Morgan fingerprint density at radius 3 is 2.87 bits per heavy atom. The summed E-state index contributed by atoms with van der Waals surface area (Å²) in [6.07, 6.45) is -0.366. The zero-order chi connectivity index (χ0) is 21.7. The highest BCUT2D eigenvalue weighted by Gasteiger charge is 2.28. The predicted molar refractivity (Wildman–Crippen MR) is 87.3 cm³/mol. The maximum absolute atomic E-state index is 12.7. The van der Waals surface area contributed by atoms with Gasteiger partial charge in [-0.2, -0.15) is 10.2 Å². The molecule has 0 saturated carbocycles. The van der Waals surface area contributed by atoms with E-state index in [1.165, 1.54) is 0 Å². The Hall–Kier alpha value is -2.40. The largest absolute Gasteiger partial charge is 0.350 e. The van der Waals surface area contributed by atoms with Crippen LogP contribution in [0.25, 0.3) is 11.2 Å². The molecule has 8 nitrogen and oxygen atoms in total. The molecule has 0 aliphatic carbocycles. The summed E-state index contributed by atoms with van der Waals surface area (Å²) in [5, 5.41) is 12.4. The molecule has 23 heavy (non-hydrogen) atoms. The highest BCUT2D eigenvalue weighted by atomic mass is 16.1. The van der Waals surface area contributed by atoms with E-state index in [0.29, 0.717) is 22.2 Å². The molecule has 0 radical (unpaired) electrons. The summed E-state index contributed by atoms with van der Waals surface area (Å²) in [5.41, 5.74) is -1.51. The summed E-state index contributed by atoms with van der Waals surface area (Å²) >= 11 is 0. The van der Waals surface area contributed by atoms with E-state index in [1.807, 2.05) is 24.8 Å². The van der Waals surface area contributed by atoms with Crippen molar-refractivity contribution in [2.24, 2.45) is 14.0 Å². The lowest BCUT2D eigenvalue weighted by Gasteiger charge is -2.38. The van der Waals surface area contributed by atoms with E-state index in [0.717, 1.165) is 0 Å². The van der Waals surface area contributed by atoms with E-state index in [1.54, 1.807) is 0 Å². The molecule has 3 rings (SSSR count). The number of hydrogen-bond acceptors (Lipinski definition) is 6. The van der Waals surface area contributed by atoms with Gasteiger partial charge in [-0.15, -0.1) is 0 Å². The van der Waals surface area contributed by atoms with Crippen molar-refractivity contribution in [2.75, 3.05) is 18.0 Å². The number of nitriles is 1. The van der Waals surface area contributed by atoms with Crippen LogP contribution in [0.2, 0.25) is 0 Å². The molecule has 1 N–H and O–H groups in total. The number of hydrogen-bond donors (Lipinski definition) is 1. The van der Waals surface area contributed by atoms with Crippen LogP contribution < -0.4 is 15.9 Å². The molecule has 122 valence electrons. The lowest BCUT2D eigenvalue weighted by molar-refractivity contribution is 0.423. The SMILES string of the molecule is [2H]C([2H])([2H])n1c(CC#N)nc2c(N3C[C@@H](C)NC[C@@H]3C)nc(=O)n(C([2H])([2H])[2H])c21. The second kappa shape index (κ2) is 5.66. The number of nitrogens with zero attached hydrogens (tertiary/aromatic N) is 6. The first-order chi connectivity index (χ1) is 13.4. The van der Waals surface area contributed by atoms with Crippen LogP contribution in [-0.2, 0) is 20.4 Å². The molecule has 0 unspecified atom stereocenters. The monoisotopic (exact) mass is 321 g/mol. The smallest absolute Gasteiger partial charge is 0.349 e. The summed E-state index contributed by atoms with van der Waals surface area (Å²) in [6.45, 7) is -0.912. The van der Waals surface area contributed by atoms with Crippen molar-refractivity contribution in [3.63, 3.8) is 0 Å². The molecule has 0 bridgehead atoms. The second-order valence-electron chi connectivity index (χ2n) is 5.73. The van der Waals surface area contributed by atoms with Gasteiger partial charge in [0.25, 0.3) is 0 Å². The highest BCUT2D eigenvalue weighted by Crippen LogP contribution is 2.25. The maximum atomic E-state index is 12.7. The predicted octanol–water partition coefficient (Wildman–Crippen LogP) is -0.0803. The molecule has 1 saturated heterocycles. The first-order valence-corrected chi connectivity index (χ1v) is 7.28. The van der Waals surface area contributed by atoms with Gasteiger partial charge in [0.2, 0.25) is 0 Å². The Morgan fingerprint density at radius 2 is 2.17 bits per heavy atom. The van der Waals surface area contributed by atoms with E-state index in [2.05, 4.69) is 15.3 Å². The summed E-state index contributed by atoms with van der Waals surface area (Å²) in [6, 6.07) is 1.81. The first kappa shape index (κ1) is 9.67. The van der Waals surface area contributed by atoms with Gasteiger partial charge in [0.1, 0.15) is 17.0 Å². The van der Waals surface area contributed by atoms with Gasteiger partial charge in [-0.1, -0.05) is 0 Å². The Labute approximate surface area is 142 Å². The van der Waals surface area contributed by atoms with E-state index >= 15 is 0 Å². The van der Waals surface area contributed by atoms with E-state index in [4.69, 9.17) is 13.5 Å². The number of anilines is 1. The number of aromatic nitrogens is 4. The third kappa shape index (κ3) is 2.47. The van der Waals surface area contributed by atoms with Gasteiger partial charge < -0.3 is 14.8 Å². The van der Waals surface area contributed by atoms with Crippen LogP contribution in [-0.4, -0.2) is 44.3 Å². The molecule has 3 heterocycles. The summed E-state index contributed by atoms with van der Waals surface area (Å²) in [5.74, 6) is -0.0291. The van der Waals surface area contributed by atoms with Crippen LogP contribution in [0.5, 0.6) is 0 Å². The van der Waals surface area contributed by atoms with Crippen molar-refractivity contribution in [1.29, 1.82) is 5.26 Å². The van der Waals surface area contributed by atoms with Crippen molar-refractivity contribution in [1.82, 2.24) is 24.4 Å². The van der Waals surface area contributed by atoms with Crippen LogP contribution >= 0.6 is 0 Å². The maximum Gasteiger partial charge on any atom is 0.350 e. The molecule has 8 heteroatoms. The van der Waals surface area contributed by atoms with Crippen molar-refractivity contribution in [3.05, 3.63) is 16.3 Å². The van der Waals surface area contributed by atoms with Gasteiger partial charge in [0, 0.05) is 47.3 Å². The zero-order valence-electron chi connectivity index (χ0n) is 18.9. The molecule has 2 aromatic heterocycles. The van der Waals surface area contributed by atoms with E-state index < -0.39 is 19.6 Å². The fourth-order valence-corrected chi connectivity index (χ4v) is 2.80. The second-order valence-corrected chi connectivity index (χ2v) is 5.73. The normalized spacial score (nSPS) is 26.6. The molecule has 0 amide bonds. The van der Waals surface area contributed by atoms with Gasteiger partial charge in [-0.3, -0.25) is 4.57 Å². The highest BCUT2D eigenvalue weighted by molar-refractivity contribution is 5.84. The van der Waals surface area contributed by atoms with Crippen LogP contribution in [0.3, 0.4) is 0 Å². The average molecular weight is 321 g/mol. The van der Waals surface area contributed by atoms with Gasteiger partial charge in [0.05, 0.1) is 12.5 Å². The lowest BCUT2D eigenvalue weighted by Crippen LogP contribution is -2.55. The summed E-state index contributed by atoms with van der Waals surface area (Å²) in [7, 11) is 0. The number of rotatable bonds is 2. The minimum atomic E-state index is -2.98. The third-order valence-electron chi connectivity index (χ3n) is 4.01. The van der Waals surface area contributed by atoms with Gasteiger partial charge in [-0.05, 0) is 13.8 Å². The lowest BCUT2D eigenvalue weighted by atomic mass is 10.1. The number of nitrogens with one attached hydrogen (secondary N) is 1. The standard InChI is InChI=1S/C15H21N7O/c1-9-8-22(10(2)7-17-9)13-12-14(21(4)15(23)19-13)20(3)11(18-12)5-6-16/h9-10,17H,5,7-8H2,1-4H3/t9-,10+/m1/s1/i3D3,4D3. The van der Waals surface area contributed by atoms with Crippen molar-refractivity contribution < 1.29 is 8.22 Å². The Balaban J connectivity index is 2.45. The number of piperazine rings is 1. The minimum Gasteiger partial charge on any atom is -0.349 e. The van der Waals surface area contributed by atoms with E-state index in [9.17, 15) is 4.79 Å². The molecular formula is C15H21N7O. The average Bonchev–Trinajstić information content (AvgIpc) is 2.94. The topological polar surface area (TPSA) is 91.8 Å². The molecule has 1 aliphatic rings. The molecule has 0 spiro atoms. The van der Waals surface area contributed by atoms with Crippen LogP contribution in [0.4, 0.5) is 5.82 Å². The van der Waals surface area contributed by atoms with Crippen LogP contribution in [0, 0.1) is 11.3 Å². The fourth-order valence-electron chi connectivity index (χ4n) is 2.80. The minimum absolute atomic E-state index is 0.0250. The molecule has 1 aliphatic heterocycles. The van der Waals surface area contributed by atoms with Crippen molar-refractivity contribution in [2.45, 2.75) is 32.4 Å². The van der Waals surface area contributed by atoms with Crippen molar-refractivity contribution in [3.8, 4) is 6.07 Å². The molecule has 2 atom stereocenters. The Kier molecular flexibility index (Phi) is 2.38. The van der Waals surface area contributed by atoms with Gasteiger partial charge in [-0.25, -0.2) is 9.78 Å². The molecular weight excluding hydrogens is 294 g/mol. The van der Waals surface area contributed by atoms with Crippen molar-refractivity contribution >= 4 is 17.0 Å².